The second-order valence-electron chi connectivity index (χ2n) is 6.76. The number of hydrogen-bond donors (Lipinski definition) is 2. The molecule has 0 saturated carbocycles. The highest BCUT2D eigenvalue weighted by Crippen LogP contribution is 2.32. The minimum absolute atomic E-state index is 0.527. The van der Waals surface area contributed by atoms with Crippen LogP contribution in [0.5, 0.6) is 5.75 Å². The number of fused-ring (bicyclic) bond motifs is 1. The van der Waals surface area contributed by atoms with E-state index in [0.717, 1.165) is 47.3 Å². The first-order chi connectivity index (χ1) is 12.5. The van der Waals surface area contributed by atoms with Gasteiger partial charge in [0.1, 0.15) is 17.7 Å². The van der Waals surface area contributed by atoms with Crippen LogP contribution in [-0.4, -0.2) is 27.3 Å². The fourth-order valence-electron chi connectivity index (χ4n) is 2.93. The minimum atomic E-state index is 0.527. The Hall–Kier alpha value is -2.40. The van der Waals surface area contributed by atoms with Crippen LogP contribution in [0.3, 0.4) is 0 Å². The molecule has 0 atom stereocenters. The predicted molar refractivity (Wildman–Crippen MR) is 106 cm³/mol. The van der Waals surface area contributed by atoms with Crippen molar-refractivity contribution in [3.05, 3.63) is 41.8 Å². The molecule has 0 unspecified atom stereocenters. The zero-order valence-electron chi connectivity index (χ0n) is 15.1. The zero-order chi connectivity index (χ0) is 18.5. The van der Waals surface area contributed by atoms with Gasteiger partial charge in [-0.25, -0.2) is 9.97 Å². The van der Waals surface area contributed by atoms with Crippen molar-refractivity contribution < 1.29 is 4.74 Å². The molecule has 3 rings (SSSR count). The molecule has 0 saturated heterocycles. The van der Waals surface area contributed by atoms with Gasteiger partial charge in [-0.05, 0) is 49.4 Å². The molecule has 0 spiro atoms. The maximum atomic E-state index is 7.92. The lowest BCUT2D eigenvalue weighted by atomic mass is 10.0. The number of nitrogens with zero attached hydrogens (tertiary/aromatic N) is 2. The van der Waals surface area contributed by atoms with Crippen molar-refractivity contribution in [2.24, 2.45) is 5.92 Å². The third-order valence-corrected chi connectivity index (χ3v) is 4.39. The molecule has 0 bridgehead atoms. The summed E-state index contributed by atoms with van der Waals surface area (Å²) in [5.41, 5.74) is 3.35. The third kappa shape index (κ3) is 4.41. The maximum Gasteiger partial charge on any atom is 0.141 e. The largest absolute Gasteiger partial charge is 0.492 e. The first kappa shape index (κ1) is 18.4. The van der Waals surface area contributed by atoms with E-state index in [-0.39, 0.29) is 0 Å². The summed E-state index contributed by atoms with van der Waals surface area (Å²) < 4.78 is 5.79. The summed E-state index contributed by atoms with van der Waals surface area (Å²) >= 11 is 6.40. The van der Waals surface area contributed by atoms with Gasteiger partial charge in [0.2, 0.25) is 0 Å². The fourth-order valence-corrected chi connectivity index (χ4v) is 3.17. The SMILES string of the molecule is CC(C)CC(=N)CCCOc1ccc(-c2ncnc3[nH]ccc23)cc1Cl. The van der Waals surface area contributed by atoms with Gasteiger partial charge in [-0.3, -0.25) is 0 Å². The van der Waals surface area contributed by atoms with Crippen LogP contribution in [0.4, 0.5) is 0 Å². The predicted octanol–water partition coefficient (Wildman–Crippen LogP) is 5.50. The number of benzene rings is 1. The van der Waals surface area contributed by atoms with E-state index in [1.165, 1.54) is 0 Å². The molecule has 136 valence electrons. The average molecular weight is 371 g/mol. The maximum absolute atomic E-state index is 7.92. The Kier molecular flexibility index (Phi) is 5.89. The summed E-state index contributed by atoms with van der Waals surface area (Å²) in [6.45, 7) is 4.81. The number of hydrogen-bond acceptors (Lipinski definition) is 4. The highest BCUT2D eigenvalue weighted by atomic mass is 35.5. The Balaban J connectivity index is 1.63. The van der Waals surface area contributed by atoms with Gasteiger partial charge in [-0.1, -0.05) is 25.4 Å². The van der Waals surface area contributed by atoms with Crippen molar-refractivity contribution in [1.82, 2.24) is 15.0 Å². The summed E-state index contributed by atoms with van der Waals surface area (Å²) in [5.74, 6) is 1.18. The number of rotatable bonds is 8. The van der Waals surface area contributed by atoms with Crippen LogP contribution in [0.1, 0.15) is 33.1 Å². The first-order valence-electron chi connectivity index (χ1n) is 8.81. The lowest BCUT2D eigenvalue weighted by Gasteiger charge is -2.11. The van der Waals surface area contributed by atoms with E-state index < -0.39 is 0 Å². The Morgan fingerprint density at radius 2 is 2.12 bits per heavy atom. The third-order valence-electron chi connectivity index (χ3n) is 4.09. The normalized spacial score (nSPS) is 11.2. The van der Waals surface area contributed by atoms with Crippen molar-refractivity contribution in [2.75, 3.05) is 6.61 Å². The van der Waals surface area contributed by atoms with E-state index in [1.54, 1.807) is 6.33 Å². The van der Waals surface area contributed by atoms with Gasteiger partial charge in [-0.15, -0.1) is 0 Å². The Labute approximate surface area is 158 Å². The lowest BCUT2D eigenvalue weighted by Crippen LogP contribution is -2.05. The highest BCUT2D eigenvalue weighted by Gasteiger charge is 2.10. The highest BCUT2D eigenvalue weighted by molar-refractivity contribution is 6.32. The van der Waals surface area contributed by atoms with Crippen molar-refractivity contribution in [3.63, 3.8) is 0 Å². The second kappa shape index (κ2) is 8.32. The number of halogens is 1. The smallest absolute Gasteiger partial charge is 0.141 e. The van der Waals surface area contributed by atoms with Crippen LogP contribution in [0.2, 0.25) is 5.02 Å². The fraction of sp³-hybridized carbons (Fsp3) is 0.350. The molecule has 0 aliphatic carbocycles. The molecule has 1 aromatic carbocycles. The van der Waals surface area contributed by atoms with Crippen molar-refractivity contribution >= 4 is 28.3 Å². The molecular weight excluding hydrogens is 348 g/mol. The molecular formula is C20H23ClN4O. The van der Waals surface area contributed by atoms with Gasteiger partial charge in [0.15, 0.2) is 0 Å². The zero-order valence-corrected chi connectivity index (χ0v) is 15.8. The Morgan fingerprint density at radius 1 is 1.27 bits per heavy atom. The van der Waals surface area contributed by atoms with Crippen molar-refractivity contribution in [1.29, 1.82) is 5.41 Å². The average Bonchev–Trinajstić information content (AvgIpc) is 3.08. The van der Waals surface area contributed by atoms with Crippen LogP contribution in [0.25, 0.3) is 22.3 Å². The van der Waals surface area contributed by atoms with E-state index in [4.69, 9.17) is 21.7 Å². The van der Waals surface area contributed by atoms with Gasteiger partial charge in [0, 0.05) is 22.9 Å². The molecule has 0 amide bonds. The van der Waals surface area contributed by atoms with E-state index >= 15 is 0 Å². The van der Waals surface area contributed by atoms with Crippen LogP contribution >= 0.6 is 11.6 Å². The Morgan fingerprint density at radius 3 is 2.88 bits per heavy atom. The molecule has 2 N–H and O–H groups in total. The lowest BCUT2D eigenvalue weighted by molar-refractivity contribution is 0.313. The summed E-state index contributed by atoms with van der Waals surface area (Å²) in [5, 5.41) is 9.44. The molecule has 0 fully saturated rings. The molecule has 0 aliphatic rings. The first-order valence-corrected chi connectivity index (χ1v) is 9.19. The molecule has 2 heterocycles. The van der Waals surface area contributed by atoms with E-state index in [0.29, 0.717) is 23.3 Å². The number of aromatic amines is 1. The molecule has 26 heavy (non-hydrogen) atoms. The van der Waals surface area contributed by atoms with Crippen LogP contribution in [-0.2, 0) is 0 Å². The minimum Gasteiger partial charge on any atom is -0.492 e. The molecule has 0 aliphatic heterocycles. The molecule has 3 aromatic rings. The van der Waals surface area contributed by atoms with Gasteiger partial charge in [0.25, 0.3) is 0 Å². The van der Waals surface area contributed by atoms with Crippen molar-refractivity contribution in [2.45, 2.75) is 33.1 Å². The van der Waals surface area contributed by atoms with E-state index in [2.05, 4.69) is 28.8 Å². The molecule has 2 aromatic heterocycles. The molecule has 5 nitrogen and oxygen atoms in total. The van der Waals surface area contributed by atoms with E-state index in [1.807, 2.05) is 30.5 Å². The number of aromatic nitrogens is 3. The van der Waals surface area contributed by atoms with Crippen LogP contribution in [0.15, 0.2) is 36.8 Å². The van der Waals surface area contributed by atoms with Gasteiger partial charge >= 0.3 is 0 Å². The Bertz CT molecular complexity index is 904. The number of nitrogens with one attached hydrogen (secondary N) is 2. The summed E-state index contributed by atoms with van der Waals surface area (Å²) in [6.07, 6.45) is 5.82. The molecule has 6 heteroatoms. The summed E-state index contributed by atoms with van der Waals surface area (Å²) in [6, 6.07) is 7.65. The van der Waals surface area contributed by atoms with Crippen LogP contribution < -0.4 is 4.74 Å². The van der Waals surface area contributed by atoms with Gasteiger partial charge < -0.3 is 15.1 Å². The topological polar surface area (TPSA) is 74.7 Å². The molecule has 0 radical (unpaired) electrons. The second-order valence-corrected chi connectivity index (χ2v) is 7.17. The van der Waals surface area contributed by atoms with E-state index in [9.17, 15) is 0 Å². The standard InChI is InChI=1S/C20H23ClN4O/c1-13(2)10-15(22)4-3-9-26-18-6-5-14(11-17(18)21)19-16-7-8-23-20(16)25-12-24-19/h5-8,11-13,22H,3-4,9-10H2,1-2H3,(H,23,24,25). The van der Waals surface area contributed by atoms with Gasteiger partial charge in [0.05, 0.1) is 17.3 Å². The quantitative estimate of drug-likeness (QED) is 0.406. The van der Waals surface area contributed by atoms with Crippen molar-refractivity contribution in [3.8, 4) is 17.0 Å². The van der Waals surface area contributed by atoms with Gasteiger partial charge in [-0.2, -0.15) is 0 Å². The summed E-state index contributed by atoms with van der Waals surface area (Å²) in [4.78, 5) is 11.7. The van der Waals surface area contributed by atoms with Crippen LogP contribution in [0, 0.1) is 11.3 Å². The number of ether oxygens (including phenoxy) is 1. The number of H-pyrrole nitrogens is 1. The summed E-state index contributed by atoms with van der Waals surface area (Å²) in [7, 11) is 0. The monoisotopic (exact) mass is 370 g/mol.